The van der Waals surface area contributed by atoms with E-state index in [4.69, 9.17) is 0 Å². The molecule has 0 bridgehead atoms. The van der Waals surface area contributed by atoms with Gasteiger partial charge in [-0.05, 0) is 92.4 Å². The van der Waals surface area contributed by atoms with E-state index >= 15 is 0 Å². The van der Waals surface area contributed by atoms with Crippen LogP contribution in [-0.4, -0.2) is 0 Å². The molecular formula is C50H41N. The zero-order valence-electron chi connectivity index (χ0n) is 28.9. The molecule has 51 heavy (non-hydrogen) atoms. The molecule has 8 aromatic rings. The molecule has 0 atom stereocenters. The largest absolute Gasteiger partial charge is 0.309 e. The number of anilines is 3. The number of hydrogen-bond acceptors (Lipinski definition) is 1. The Balaban J connectivity index is 1.34. The van der Waals surface area contributed by atoms with Crippen LogP contribution in [-0.2, 0) is 0 Å². The van der Waals surface area contributed by atoms with E-state index in [1.165, 1.54) is 98.3 Å². The third-order valence-corrected chi connectivity index (χ3v) is 10.8. The number of fused-ring (bicyclic) bond motifs is 2. The van der Waals surface area contributed by atoms with E-state index in [1.54, 1.807) is 0 Å². The first kappa shape index (κ1) is 31.1. The van der Waals surface area contributed by atoms with Crippen LogP contribution < -0.4 is 4.90 Å². The zero-order valence-corrected chi connectivity index (χ0v) is 28.9. The summed E-state index contributed by atoms with van der Waals surface area (Å²) in [7, 11) is 0. The molecule has 0 spiro atoms. The number of hydrogen-bond donors (Lipinski definition) is 0. The second-order valence-electron chi connectivity index (χ2n) is 13.9. The zero-order chi connectivity index (χ0) is 34.0. The highest BCUT2D eigenvalue weighted by molar-refractivity contribution is 6.05. The normalized spacial score (nSPS) is 13.4. The number of nitrogens with zero attached hydrogens (tertiary/aromatic N) is 1. The maximum absolute atomic E-state index is 2.51. The first-order valence-electron chi connectivity index (χ1n) is 18.5. The molecule has 0 aliphatic heterocycles. The van der Waals surface area contributed by atoms with Crippen LogP contribution in [0.25, 0.3) is 54.9 Å². The molecule has 0 amide bonds. The van der Waals surface area contributed by atoms with Gasteiger partial charge in [0, 0.05) is 16.8 Å². The van der Waals surface area contributed by atoms with Gasteiger partial charge in [-0.2, -0.15) is 0 Å². The molecule has 1 saturated carbocycles. The van der Waals surface area contributed by atoms with Crippen LogP contribution in [0.1, 0.15) is 43.6 Å². The Bertz CT molecular complexity index is 2450. The van der Waals surface area contributed by atoms with E-state index in [-0.39, 0.29) is 0 Å². The lowest BCUT2D eigenvalue weighted by atomic mass is 9.80. The van der Waals surface area contributed by atoms with Gasteiger partial charge in [0.1, 0.15) is 0 Å². The maximum Gasteiger partial charge on any atom is 0.0546 e. The van der Waals surface area contributed by atoms with E-state index < -0.39 is 0 Å². The van der Waals surface area contributed by atoms with Crippen molar-refractivity contribution in [2.45, 2.75) is 38.0 Å². The van der Waals surface area contributed by atoms with Crippen LogP contribution in [0.4, 0.5) is 17.1 Å². The fraction of sp³-hybridized carbons (Fsp3) is 0.120. The summed E-state index contributed by atoms with van der Waals surface area (Å²) >= 11 is 0. The first-order chi connectivity index (χ1) is 25.3. The average molecular weight is 656 g/mol. The van der Waals surface area contributed by atoms with Crippen LogP contribution in [0.15, 0.2) is 182 Å². The van der Waals surface area contributed by atoms with Crippen molar-refractivity contribution in [3.05, 3.63) is 188 Å². The van der Waals surface area contributed by atoms with Gasteiger partial charge in [-0.1, -0.05) is 177 Å². The van der Waals surface area contributed by atoms with Gasteiger partial charge in [0.2, 0.25) is 0 Å². The fourth-order valence-electron chi connectivity index (χ4n) is 8.46. The van der Waals surface area contributed by atoms with Gasteiger partial charge in [-0.15, -0.1) is 0 Å². The first-order valence-corrected chi connectivity index (χ1v) is 18.5. The van der Waals surface area contributed by atoms with Gasteiger partial charge in [0.25, 0.3) is 0 Å². The third kappa shape index (κ3) is 5.89. The van der Waals surface area contributed by atoms with Gasteiger partial charge in [0.15, 0.2) is 0 Å². The van der Waals surface area contributed by atoms with Gasteiger partial charge in [0.05, 0.1) is 11.4 Å². The Morgan fingerprint density at radius 3 is 1.78 bits per heavy atom. The molecule has 0 N–H and O–H groups in total. The molecule has 1 fully saturated rings. The minimum atomic E-state index is 0.597. The highest BCUT2D eigenvalue weighted by atomic mass is 15.1. The van der Waals surface area contributed by atoms with Crippen LogP contribution in [0.5, 0.6) is 0 Å². The molecule has 246 valence electrons. The molecule has 1 heteroatoms. The SMILES string of the molecule is c1ccc(-c2cccc(N(c3ccc4ccccc4c3)c3ccccc3-c3cccc4cccc(C5CCCCC5)c34)c2-c2ccccc2)cc1. The van der Waals surface area contributed by atoms with Crippen molar-refractivity contribution in [3.63, 3.8) is 0 Å². The summed E-state index contributed by atoms with van der Waals surface area (Å²) in [6.45, 7) is 0. The number of para-hydroxylation sites is 1. The second-order valence-corrected chi connectivity index (χ2v) is 13.9. The Labute approximate surface area is 301 Å². The van der Waals surface area contributed by atoms with Gasteiger partial charge in [-0.25, -0.2) is 0 Å². The standard InChI is InChI=1S/C50H41N/c1-4-18-37(19-5-1)43-28-14-25-39-26-15-30-46(49(39)43)45-27-12-13-31-47(45)51(42-34-33-36-17-10-11-24-41(36)35-42)48-32-16-29-44(38-20-6-2-7-21-38)50(48)40-22-8-3-9-23-40/h2-3,6-17,20-35,37H,1,4-5,18-19H2. The monoisotopic (exact) mass is 655 g/mol. The number of rotatable bonds is 7. The second kappa shape index (κ2) is 13.8. The molecule has 0 radical (unpaired) electrons. The molecular weight excluding hydrogens is 615 g/mol. The van der Waals surface area contributed by atoms with Crippen molar-refractivity contribution in [1.29, 1.82) is 0 Å². The highest BCUT2D eigenvalue weighted by Crippen LogP contribution is 2.49. The van der Waals surface area contributed by atoms with Crippen LogP contribution in [0, 0.1) is 0 Å². The molecule has 8 aromatic carbocycles. The molecule has 0 heterocycles. The predicted octanol–water partition coefficient (Wildman–Crippen LogP) is 14.5. The van der Waals surface area contributed by atoms with Crippen molar-refractivity contribution in [1.82, 2.24) is 0 Å². The van der Waals surface area contributed by atoms with Crippen molar-refractivity contribution in [2.75, 3.05) is 4.90 Å². The maximum atomic E-state index is 2.51. The van der Waals surface area contributed by atoms with Crippen LogP contribution in [0.3, 0.4) is 0 Å². The number of benzene rings is 8. The van der Waals surface area contributed by atoms with Crippen LogP contribution in [0.2, 0.25) is 0 Å². The molecule has 9 rings (SSSR count). The lowest BCUT2D eigenvalue weighted by Gasteiger charge is -2.31. The molecule has 1 nitrogen and oxygen atoms in total. The smallest absolute Gasteiger partial charge is 0.0546 e. The highest BCUT2D eigenvalue weighted by Gasteiger charge is 2.25. The van der Waals surface area contributed by atoms with E-state index in [2.05, 4.69) is 187 Å². The lowest BCUT2D eigenvalue weighted by molar-refractivity contribution is 0.445. The fourth-order valence-corrected chi connectivity index (χ4v) is 8.46. The third-order valence-electron chi connectivity index (χ3n) is 10.8. The van der Waals surface area contributed by atoms with Crippen molar-refractivity contribution in [2.24, 2.45) is 0 Å². The lowest BCUT2D eigenvalue weighted by Crippen LogP contribution is -2.13. The summed E-state index contributed by atoms with van der Waals surface area (Å²) in [6.07, 6.45) is 6.52. The Morgan fingerprint density at radius 2 is 0.980 bits per heavy atom. The van der Waals surface area contributed by atoms with Crippen LogP contribution >= 0.6 is 0 Å². The Kier molecular flexibility index (Phi) is 8.39. The molecule has 1 aliphatic rings. The summed E-state index contributed by atoms with van der Waals surface area (Å²) < 4.78 is 0. The quantitative estimate of drug-likeness (QED) is 0.165. The average Bonchev–Trinajstić information content (AvgIpc) is 3.21. The van der Waals surface area contributed by atoms with Crippen molar-refractivity contribution in [3.8, 4) is 33.4 Å². The summed E-state index contributed by atoms with van der Waals surface area (Å²) in [5.41, 5.74) is 12.3. The Morgan fingerprint density at radius 1 is 0.392 bits per heavy atom. The minimum absolute atomic E-state index is 0.597. The summed E-state index contributed by atoms with van der Waals surface area (Å²) in [4.78, 5) is 2.51. The van der Waals surface area contributed by atoms with Gasteiger partial charge < -0.3 is 4.90 Å². The summed E-state index contributed by atoms with van der Waals surface area (Å²) in [5, 5.41) is 5.18. The summed E-state index contributed by atoms with van der Waals surface area (Å²) in [6, 6.07) is 67.0. The predicted molar refractivity (Wildman–Crippen MR) is 218 cm³/mol. The van der Waals surface area contributed by atoms with Crippen molar-refractivity contribution < 1.29 is 0 Å². The van der Waals surface area contributed by atoms with E-state index in [0.717, 1.165) is 11.4 Å². The van der Waals surface area contributed by atoms with Gasteiger partial charge >= 0.3 is 0 Å². The molecule has 0 aromatic heterocycles. The van der Waals surface area contributed by atoms with E-state index in [9.17, 15) is 0 Å². The summed E-state index contributed by atoms with van der Waals surface area (Å²) in [5.74, 6) is 0.597. The molecule has 0 saturated heterocycles. The van der Waals surface area contributed by atoms with Gasteiger partial charge in [-0.3, -0.25) is 0 Å². The Hall–Kier alpha value is -5.92. The molecule has 0 unspecified atom stereocenters. The van der Waals surface area contributed by atoms with Crippen molar-refractivity contribution >= 4 is 38.6 Å². The molecule has 1 aliphatic carbocycles. The topological polar surface area (TPSA) is 3.24 Å². The minimum Gasteiger partial charge on any atom is -0.309 e. The van der Waals surface area contributed by atoms with E-state index in [1.807, 2.05) is 0 Å². The van der Waals surface area contributed by atoms with E-state index in [0.29, 0.717) is 5.92 Å².